The van der Waals surface area contributed by atoms with Gasteiger partial charge >= 0.3 is 0 Å². The zero-order valence-electron chi connectivity index (χ0n) is 13.3. The van der Waals surface area contributed by atoms with Crippen molar-refractivity contribution >= 4 is 33.8 Å². The van der Waals surface area contributed by atoms with E-state index in [1.807, 2.05) is 18.2 Å². The Balaban J connectivity index is 1.85. The van der Waals surface area contributed by atoms with E-state index in [0.717, 1.165) is 5.52 Å². The summed E-state index contributed by atoms with van der Waals surface area (Å²) in [6.07, 6.45) is 0. The monoisotopic (exact) mass is 334 g/mol. The summed E-state index contributed by atoms with van der Waals surface area (Å²) in [6, 6.07) is 14.2. The first kappa shape index (κ1) is 14.9. The molecular formula is C18H14N4O3. The SMILES string of the molecule is COc1cccc2[nH]c3c(=O)[nH]c(NC(=O)c4ccccc4)nc3c12. The van der Waals surface area contributed by atoms with Crippen LogP contribution in [0.5, 0.6) is 5.75 Å². The van der Waals surface area contributed by atoms with Crippen molar-refractivity contribution in [3.8, 4) is 5.75 Å². The van der Waals surface area contributed by atoms with Gasteiger partial charge in [0.05, 0.1) is 18.0 Å². The van der Waals surface area contributed by atoms with E-state index in [2.05, 4.69) is 20.3 Å². The summed E-state index contributed by atoms with van der Waals surface area (Å²) in [7, 11) is 1.55. The number of aromatic nitrogens is 3. The molecule has 0 saturated carbocycles. The average molecular weight is 334 g/mol. The number of nitrogens with zero attached hydrogens (tertiary/aromatic N) is 1. The van der Waals surface area contributed by atoms with Gasteiger partial charge in [0.25, 0.3) is 11.5 Å². The highest BCUT2D eigenvalue weighted by molar-refractivity contribution is 6.09. The summed E-state index contributed by atoms with van der Waals surface area (Å²) in [5.74, 6) is 0.329. The third-order valence-corrected chi connectivity index (χ3v) is 3.93. The zero-order chi connectivity index (χ0) is 17.4. The molecule has 0 aliphatic heterocycles. The lowest BCUT2D eigenvalue weighted by Crippen LogP contribution is -2.18. The number of aromatic amines is 2. The second kappa shape index (κ2) is 5.79. The molecule has 7 nitrogen and oxygen atoms in total. The Morgan fingerprint density at radius 1 is 1.08 bits per heavy atom. The van der Waals surface area contributed by atoms with Gasteiger partial charge in [-0.05, 0) is 24.3 Å². The Kier molecular flexibility index (Phi) is 3.46. The molecule has 0 aliphatic rings. The fourth-order valence-corrected chi connectivity index (χ4v) is 2.78. The number of hydrogen-bond acceptors (Lipinski definition) is 4. The van der Waals surface area contributed by atoms with Crippen LogP contribution in [0.15, 0.2) is 53.3 Å². The van der Waals surface area contributed by atoms with Crippen molar-refractivity contribution in [2.45, 2.75) is 0 Å². The number of methoxy groups -OCH3 is 1. The lowest BCUT2D eigenvalue weighted by molar-refractivity contribution is 0.102. The quantitative estimate of drug-likeness (QED) is 0.536. The van der Waals surface area contributed by atoms with E-state index in [1.165, 1.54) is 0 Å². The van der Waals surface area contributed by atoms with Crippen LogP contribution in [0.3, 0.4) is 0 Å². The van der Waals surface area contributed by atoms with Gasteiger partial charge in [0.1, 0.15) is 16.8 Å². The van der Waals surface area contributed by atoms with Crippen LogP contribution in [0.1, 0.15) is 10.4 Å². The van der Waals surface area contributed by atoms with Gasteiger partial charge in [-0.3, -0.25) is 19.9 Å². The lowest BCUT2D eigenvalue weighted by Gasteiger charge is -2.05. The predicted molar refractivity (Wildman–Crippen MR) is 95.2 cm³/mol. The Morgan fingerprint density at radius 2 is 1.88 bits per heavy atom. The van der Waals surface area contributed by atoms with Crippen LogP contribution >= 0.6 is 0 Å². The topological polar surface area (TPSA) is 99.9 Å². The van der Waals surface area contributed by atoms with Crippen molar-refractivity contribution in [3.63, 3.8) is 0 Å². The van der Waals surface area contributed by atoms with Gasteiger partial charge < -0.3 is 9.72 Å². The standard InChI is InChI=1S/C18H14N4O3/c1-25-12-9-5-8-11-13(12)14-15(19-11)17(24)22-18(20-14)21-16(23)10-6-3-2-4-7-10/h2-9,19H,1H3,(H2,20,21,22,23,24). The van der Waals surface area contributed by atoms with Gasteiger partial charge in [-0.15, -0.1) is 0 Å². The maximum atomic E-state index is 12.4. The Bertz CT molecular complexity index is 1150. The van der Waals surface area contributed by atoms with Crippen molar-refractivity contribution < 1.29 is 9.53 Å². The minimum Gasteiger partial charge on any atom is -0.496 e. The number of benzene rings is 2. The number of anilines is 1. The van der Waals surface area contributed by atoms with Gasteiger partial charge in [-0.1, -0.05) is 24.3 Å². The van der Waals surface area contributed by atoms with Crippen molar-refractivity contribution in [3.05, 3.63) is 64.4 Å². The molecule has 4 rings (SSSR count). The number of carbonyl (C=O) groups excluding carboxylic acids is 1. The first-order valence-electron chi connectivity index (χ1n) is 7.62. The van der Waals surface area contributed by atoms with E-state index in [9.17, 15) is 9.59 Å². The highest BCUT2D eigenvalue weighted by atomic mass is 16.5. The van der Waals surface area contributed by atoms with Crippen LogP contribution in [0.2, 0.25) is 0 Å². The van der Waals surface area contributed by atoms with Crippen LogP contribution in [0.25, 0.3) is 21.9 Å². The number of fused-ring (bicyclic) bond motifs is 3. The lowest BCUT2D eigenvalue weighted by atomic mass is 10.2. The third kappa shape index (κ3) is 2.51. The van der Waals surface area contributed by atoms with E-state index in [4.69, 9.17) is 4.74 Å². The van der Waals surface area contributed by atoms with Crippen molar-refractivity contribution in [1.29, 1.82) is 0 Å². The van der Waals surface area contributed by atoms with Crippen LogP contribution < -0.4 is 15.6 Å². The van der Waals surface area contributed by atoms with E-state index in [1.54, 1.807) is 37.4 Å². The van der Waals surface area contributed by atoms with Gasteiger partial charge in [0.2, 0.25) is 5.95 Å². The van der Waals surface area contributed by atoms with E-state index < -0.39 is 0 Å². The zero-order valence-corrected chi connectivity index (χ0v) is 13.3. The number of H-pyrrole nitrogens is 2. The number of carbonyl (C=O) groups is 1. The predicted octanol–water partition coefficient (Wildman–Crippen LogP) is 2.67. The number of rotatable bonds is 3. The number of ether oxygens (including phenoxy) is 1. The molecular weight excluding hydrogens is 320 g/mol. The highest BCUT2D eigenvalue weighted by Crippen LogP contribution is 2.30. The fourth-order valence-electron chi connectivity index (χ4n) is 2.78. The molecule has 3 N–H and O–H groups in total. The molecule has 0 atom stereocenters. The second-order valence-electron chi connectivity index (χ2n) is 5.47. The Labute approximate surface area is 141 Å². The average Bonchev–Trinajstić information content (AvgIpc) is 3.02. The fraction of sp³-hybridized carbons (Fsp3) is 0.0556. The van der Waals surface area contributed by atoms with Crippen molar-refractivity contribution in [2.75, 3.05) is 12.4 Å². The Morgan fingerprint density at radius 3 is 2.64 bits per heavy atom. The number of amides is 1. The second-order valence-corrected chi connectivity index (χ2v) is 5.47. The maximum Gasteiger partial charge on any atom is 0.276 e. The molecule has 2 aromatic heterocycles. The molecule has 0 radical (unpaired) electrons. The smallest absolute Gasteiger partial charge is 0.276 e. The summed E-state index contributed by atoms with van der Waals surface area (Å²) in [5.41, 5.74) is 1.61. The molecule has 0 saturated heterocycles. The minimum atomic E-state index is -0.369. The molecule has 0 aliphatic carbocycles. The molecule has 25 heavy (non-hydrogen) atoms. The molecule has 4 aromatic rings. The van der Waals surface area contributed by atoms with Crippen LogP contribution in [-0.2, 0) is 0 Å². The summed E-state index contributed by atoms with van der Waals surface area (Å²) < 4.78 is 5.36. The van der Waals surface area contributed by atoms with E-state index in [-0.39, 0.29) is 17.4 Å². The summed E-state index contributed by atoms with van der Waals surface area (Å²) in [6.45, 7) is 0. The molecule has 0 bridgehead atoms. The molecule has 0 fully saturated rings. The van der Waals surface area contributed by atoms with Crippen LogP contribution in [-0.4, -0.2) is 28.0 Å². The van der Waals surface area contributed by atoms with E-state index >= 15 is 0 Å². The maximum absolute atomic E-state index is 12.4. The molecule has 0 spiro atoms. The summed E-state index contributed by atoms with van der Waals surface area (Å²) >= 11 is 0. The van der Waals surface area contributed by atoms with Crippen LogP contribution in [0, 0.1) is 0 Å². The Hall–Kier alpha value is -3.61. The van der Waals surface area contributed by atoms with Gasteiger partial charge in [0.15, 0.2) is 0 Å². The highest BCUT2D eigenvalue weighted by Gasteiger charge is 2.15. The number of nitrogens with one attached hydrogen (secondary N) is 3. The minimum absolute atomic E-state index is 0.0816. The molecule has 7 heteroatoms. The summed E-state index contributed by atoms with van der Waals surface area (Å²) in [4.78, 5) is 34.7. The molecule has 124 valence electrons. The normalized spacial score (nSPS) is 10.9. The number of hydrogen-bond donors (Lipinski definition) is 3. The van der Waals surface area contributed by atoms with Gasteiger partial charge in [0, 0.05) is 5.56 Å². The van der Waals surface area contributed by atoms with Crippen molar-refractivity contribution in [1.82, 2.24) is 15.0 Å². The first-order chi connectivity index (χ1) is 12.2. The summed E-state index contributed by atoms with van der Waals surface area (Å²) in [5, 5.41) is 3.32. The van der Waals surface area contributed by atoms with Crippen molar-refractivity contribution in [2.24, 2.45) is 0 Å². The molecule has 2 aromatic carbocycles. The molecule has 1 amide bonds. The first-order valence-corrected chi connectivity index (χ1v) is 7.62. The largest absolute Gasteiger partial charge is 0.496 e. The van der Waals surface area contributed by atoms with Gasteiger partial charge in [-0.2, -0.15) is 0 Å². The van der Waals surface area contributed by atoms with Gasteiger partial charge in [-0.25, -0.2) is 4.98 Å². The third-order valence-electron chi connectivity index (χ3n) is 3.93. The molecule has 0 unspecified atom stereocenters. The van der Waals surface area contributed by atoms with E-state index in [0.29, 0.717) is 27.7 Å². The van der Waals surface area contributed by atoms with Crippen LogP contribution in [0.4, 0.5) is 5.95 Å². The molecule has 2 heterocycles.